The quantitative estimate of drug-likeness (QED) is 0.506. The highest BCUT2D eigenvalue weighted by Crippen LogP contribution is 2.41. The van der Waals surface area contributed by atoms with Gasteiger partial charge in [0.1, 0.15) is 5.00 Å². The van der Waals surface area contributed by atoms with E-state index in [1.54, 1.807) is 23.6 Å². The van der Waals surface area contributed by atoms with Crippen molar-refractivity contribution in [1.82, 2.24) is 5.32 Å². The molecule has 2 heterocycles. The molecule has 0 spiro atoms. The van der Waals surface area contributed by atoms with E-state index in [0.717, 1.165) is 47.4 Å². The maximum Gasteiger partial charge on any atom is 0.254 e. The van der Waals surface area contributed by atoms with Gasteiger partial charge in [-0.2, -0.15) is 0 Å². The molecule has 158 valence electrons. The minimum absolute atomic E-state index is 0.0767. The summed E-state index contributed by atoms with van der Waals surface area (Å²) in [4.78, 5) is 19.1. The van der Waals surface area contributed by atoms with Gasteiger partial charge in [-0.05, 0) is 42.9 Å². The monoisotopic (exact) mass is 452 g/mol. The van der Waals surface area contributed by atoms with Crippen LogP contribution in [0.5, 0.6) is 11.5 Å². The van der Waals surface area contributed by atoms with Gasteiger partial charge in [0.15, 0.2) is 11.5 Å². The fourth-order valence-corrected chi connectivity index (χ4v) is 5.34. The molecule has 0 saturated carbocycles. The number of aliphatic imine (C=N–C) groups is 1. The van der Waals surface area contributed by atoms with Crippen LogP contribution in [0.2, 0.25) is 5.02 Å². The van der Waals surface area contributed by atoms with Crippen LogP contribution in [-0.2, 0) is 19.4 Å². The number of aryl methyl sites for hydroxylation is 1. The molecular formula is C24H21ClN2O3S. The first kappa shape index (κ1) is 20.1. The first-order chi connectivity index (χ1) is 15.2. The van der Waals surface area contributed by atoms with Crippen molar-refractivity contribution in [3.63, 3.8) is 0 Å². The largest absolute Gasteiger partial charge is 0.454 e. The Labute approximate surface area is 189 Å². The molecule has 5 rings (SSSR count). The molecule has 0 saturated heterocycles. The van der Waals surface area contributed by atoms with E-state index >= 15 is 0 Å². The third kappa shape index (κ3) is 4.18. The van der Waals surface area contributed by atoms with Crippen molar-refractivity contribution in [3.05, 3.63) is 74.6 Å². The van der Waals surface area contributed by atoms with Crippen molar-refractivity contribution in [2.75, 3.05) is 6.79 Å². The molecule has 31 heavy (non-hydrogen) atoms. The number of rotatable bonds is 5. The van der Waals surface area contributed by atoms with Gasteiger partial charge in [0, 0.05) is 29.3 Å². The van der Waals surface area contributed by atoms with Crippen LogP contribution < -0.4 is 14.8 Å². The van der Waals surface area contributed by atoms with E-state index in [9.17, 15) is 4.79 Å². The van der Waals surface area contributed by atoms with E-state index in [0.29, 0.717) is 28.6 Å². The smallest absolute Gasteiger partial charge is 0.254 e. The summed E-state index contributed by atoms with van der Waals surface area (Å²) in [6.07, 6.45) is 5.87. The Morgan fingerprint density at radius 3 is 2.74 bits per heavy atom. The van der Waals surface area contributed by atoms with Crippen LogP contribution in [0.15, 0.2) is 47.5 Å². The lowest BCUT2D eigenvalue weighted by Gasteiger charge is -2.12. The average molecular weight is 453 g/mol. The zero-order valence-corrected chi connectivity index (χ0v) is 18.4. The highest BCUT2D eigenvalue weighted by atomic mass is 35.5. The highest BCUT2D eigenvalue weighted by Gasteiger charge is 2.25. The number of hydrogen-bond donors (Lipinski definition) is 1. The van der Waals surface area contributed by atoms with Gasteiger partial charge in [0.2, 0.25) is 6.79 Å². The molecule has 2 aliphatic rings. The number of nitrogens with zero attached hydrogens (tertiary/aromatic N) is 1. The molecule has 1 amide bonds. The average Bonchev–Trinajstić information content (AvgIpc) is 3.40. The number of thiophene rings is 1. The lowest BCUT2D eigenvalue weighted by Crippen LogP contribution is -2.24. The van der Waals surface area contributed by atoms with Gasteiger partial charge >= 0.3 is 0 Å². The summed E-state index contributed by atoms with van der Waals surface area (Å²) in [5.41, 5.74) is 3.64. The summed E-state index contributed by atoms with van der Waals surface area (Å²) in [6.45, 7) is 0.678. The number of nitrogens with one attached hydrogen (secondary N) is 1. The summed E-state index contributed by atoms with van der Waals surface area (Å²) in [5.74, 6) is 1.21. The molecule has 0 fully saturated rings. The van der Waals surface area contributed by atoms with Gasteiger partial charge < -0.3 is 14.8 Å². The van der Waals surface area contributed by atoms with Crippen LogP contribution in [0, 0.1) is 0 Å². The first-order valence-corrected chi connectivity index (χ1v) is 11.5. The lowest BCUT2D eigenvalue weighted by atomic mass is 9.95. The van der Waals surface area contributed by atoms with E-state index in [2.05, 4.69) is 5.32 Å². The summed E-state index contributed by atoms with van der Waals surface area (Å²) in [5, 5.41) is 4.33. The number of fused-ring (bicyclic) bond motifs is 2. The van der Waals surface area contributed by atoms with Crippen LogP contribution in [0.3, 0.4) is 0 Å². The summed E-state index contributed by atoms with van der Waals surface area (Å²) >= 11 is 8.00. The maximum absolute atomic E-state index is 13.2. The molecule has 1 aromatic heterocycles. The fraction of sp³-hybridized carbons (Fsp3) is 0.250. The van der Waals surface area contributed by atoms with E-state index in [1.807, 2.05) is 36.4 Å². The minimum Gasteiger partial charge on any atom is -0.454 e. The van der Waals surface area contributed by atoms with Crippen molar-refractivity contribution < 1.29 is 14.3 Å². The van der Waals surface area contributed by atoms with Crippen molar-refractivity contribution in [3.8, 4) is 11.5 Å². The van der Waals surface area contributed by atoms with Gasteiger partial charge in [0.05, 0.1) is 10.6 Å². The molecule has 7 heteroatoms. The van der Waals surface area contributed by atoms with Gasteiger partial charge in [-0.25, -0.2) is 4.99 Å². The zero-order chi connectivity index (χ0) is 21.2. The summed E-state index contributed by atoms with van der Waals surface area (Å²) in [6, 6.07) is 13.5. The van der Waals surface area contributed by atoms with Crippen molar-refractivity contribution in [2.45, 2.75) is 32.2 Å². The molecule has 1 aliphatic carbocycles. The molecule has 0 bridgehead atoms. The standard InChI is InChI=1S/C24H21ClN2O3S/c25-18-11-20-19(29-14-30-20)10-16(18)13-27-24-22(17-8-4-5-9-21(17)31-24)23(28)26-12-15-6-2-1-3-7-15/h1-3,6-7,10-11,13H,4-5,8-9,12,14H2,(H,26,28)/b27-13+. The van der Waals surface area contributed by atoms with Crippen molar-refractivity contribution >= 4 is 40.1 Å². The van der Waals surface area contributed by atoms with E-state index in [-0.39, 0.29) is 12.7 Å². The van der Waals surface area contributed by atoms with Crippen LogP contribution >= 0.6 is 22.9 Å². The van der Waals surface area contributed by atoms with Crippen molar-refractivity contribution in [2.24, 2.45) is 4.99 Å². The Balaban J connectivity index is 1.44. The molecule has 1 aliphatic heterocycles. The molecular weight excluding hydrogens is 432 g/mol. The predicted molar refractivity (Wildman–Crippen MR) is 123 cm³/mol. The van der Waals surface area contributed by atoms with Crippen LogP contribution in [0.25, 0.3) is 0 Å². The van der Waals surface area contributed by atoms with E-state index in [4.69, 9.17) is 26.1 Å². The third-order valence-corrected chi connectivity index (χ3v) is 7.02. The minimum atomic E-state index is -0.0767. The highest BCUT2D eigenvalue weighted by molar-refractivity contribution is 7.16. The zero-order valence-electron chi connectivity index (χ0n) is 16.8. The normalized spacial score (nSPS) is 14.6. The Kier molecular flexibility index (Phi) is 5.66. The van der Waals surface area contributed by atoms with Gasteiger partial charge in [0.25, 0.3) is 5.91 Å². The Morgan fingerprint density at radius 2 is 1.90 bits per heavy atom. The maximum atomic E-state index is 13.2. The lowest BCUT2D eigenvalue weighted by molar-refractivity contribution is 0.0951. The van der Waals surface area contributed by atoms with Gasteiger partial charge in [-0.3, -0.25) is 4.79 Å². The number of ether oxygens (including phenoxy) is 2. The van der Waals surface area contributed by atoms with Crippen LogP contribution in [0.4, 0.5) is 5.00 Å². The number of carbonyl (C=O) groups is 1. The molecule has 5 nitrogen and oxygen atoms in total. The summed E-state index contributed by atoms with van der Waals surface area (Å²) < 4.78 is 10.8. The molecule has 0 atom stereocenters. The Hall–Kier alpha value is -2.83. The topological polar surface area (TPSA) is 59.9 Å². The Morgan fingerprint density at radius 1 is 1.13 bits per heavy atom. The van der Waals surface area contributed by atoms with Gasteiger partial charge in [-0.1, -0.05) is 41.9 Å². The fourth-order valence-electron chi connectivity index (χ4n) is 3.90. The second kappa shape index (κ2) is 8.73. The SMILES string of the molecule is O=C(NCc1ccccc1)c1c(/N=C/c2cc3c(cc2Cl)OCO3)sc2c1CCCC2. The molecule has 0 unspecified atom stereocenters. The predicted octanol–water partition coefficient (Wildman–Crippen LogP) is 5.69. The van der Waals surface area contributed by atoms with Gasteiger partial charge in [-0.15, -0.1) is 11.3 Å². The molecule has 0 radical (unpaired) electrons. The number of carbonyl (C=O) groups excluding carboxylic acids is 1. The first-order valence-electron chi connectivity index (χ1n) is 10.3. The number of amides is 1. The van der Waals surface area contributed by atoms with E-state index < -0.39 is 0 Å². The number of hydrogen-bond acceptors (Lipinski definition) is 5. The Bertz CT molecular complexity index is 1160. The second-order valence-corrected chi connectivity index (χ2v) is 9.04. The van der Waals surface area contributed by atoms with E-state index in [1.165, 1.54) is 4.88 Å². The van der Waals surface area contributed by atoms with Crippen LogP contribution in [0.1, 0.15) is 44.8 Å². The molecule has 2 aromatic carbocycles. The number of halogens is 1. The summed E-state index contributed by atoms with van der Waals surface area (Å²) in [7, 11) is 0. The van der Waals surface area contributed by atoms with Crippen molar-refractivity contribution in [1.29, 1.82) is 0 Å². The van der Waals surface area contributed by atoms with Crippen LogP contribution in [-0.4, -0.2) is 18.9 Å². The molecule has 3 aromatic rings. The molecule has 1 N–H and O–H groups in total. The number of benzene rings is 2. The second-order valence-electron chi connectivity index (χ2n) is 7.54. The third-order valence-electron chi connectivity index (χ3n) is 5.49.